The maximum Gasteiger partial charge on any atom is 0.227 e. The van der Waals surface area contributed by atoms with Crippen molar-refractivity contribution in [1.29, 1.82) is 0 Å². The van der Waals surface area contributed by atoms with Crippen LogP contribution < -0.4 is 5.32 Å². The third-order valence-electron chi connectivity index (χ3n) is 3.79. The van der Waals surface area contributed by atoms with Crippen LogP contribution in [0.5, 0.6) is 0 Å². The first-order valence-electron chi connectivity index (χ1n) is 7.22. The van der Waals surface area contributed by atoms with Crippen LogP contribution in [0.4, 0.5) is 0 Å². The lowest BCUT2D eigenvalue weighted by atomic mass is 9.96. The summed E-state index contributed by atoms with van der Waals surface area (Å²) in [6.45, 7) is 4.75. The summed E-state index contributed by atoms with van der Waals surface area (Å²) in [5, 5.41) is 3.12. The Morgan fingerprint density at radius 3 is 2.50 bits per heavy atom. The summed E-state index contributed by atoms with van der Waals surface area (Å²) in [6.07, 6.45) is 1.95. The molecule has 0 radical (unpaired) electrons. The van der Waals surface area contributed by atoms with Crippen molar-refractivity contribution in [1.82, 2.24) is 10.2 Å². The number of benzene rings is 1. The van der Waals surface area contributed by atoms with Crippen molar-refractivity contribution in [2.24, 2.45) is 5.92 Å². The van der Waals surface area contributed by atoms with Crippen molar-refractivity contribution in [2.45, 2.75) is 32.7 Å². The number of rotatable bonds is 5. The van der Waals surface area contributed by atoms with Gasteiger partial charge in [-0.05, 0) is 12.0 Å². The Bertz CT molecular complexity index is 467. The average Bonchev–Trinajstić information content (AvgIpc) is 2.37. The zero-order chi connectivity index (χ0) is 14.5. The van der Waals surface area contributed by atoms with Crippen LogP contribution >= 0.6 is 0 Å². The van der Waals surface area contributed by atoms with Crippen molar-refractivity contribution >= 4 is 11.8 Å². The van der Waals surface area contributed by atoms with E-state index in [0.717, 1.165) is 18.4 Å². The van der Waals surface area contributed by atoms with Gasteiger partial charge in [-0.3, -0.25) is 9.59 Å². The highest BCUT2D eigenvalue weighted by atomic mass is 16.2. The van der Waals surface area contributed by atoms with Gasteiger partial charge in [-0.2, -0.15) is 0 Å². The summed E-state index contributed by atoms with van der Waals surface area (Å²) in [5.41, 5.74) is 1.14. The molecular formula is C16H22N2O2. The van der Waals surface area contributed by atoms with Crippen LogP contribution in [0.1, 0.15) is 38.3 Å². The highest BCUT2D eigenvalue weighted by Crippen LogP contribution is 2.21. The Labute approximate surface area is 120 Å². The number of likely N-dealkylation sites (tertiary alicyclic amines) is 1. The molecule has 4 nitrogen and oxygen atoms in total. The van der Waals surface area contributed by atoms with Crippen molar-refractivity contribution in [3.63, 3.8) is 0 Å². The smallest absolute Gasteiger partial charge is 0.227 e. The fourth-order valence-corrected chi connectivity index (χ4v) is 2.49. The van der Waals surface area contributed by atoms with E-state index in [1.54, 1.807) is 4.90 Å². The normalized spacial score (nSPS) is 16.4. The van der Waals surface area contributed by atoms with Gasteiger partial charge in [0.1, 0.15) is 0 Å². The molecule has 1 aliphatic heterocycles. The topological polar surface area (TPSA) is 49.4 Å². The summed E-state index contributed by atoms with van der Waals surface area (Å²) in [5.74, 6) is 0.0500. The van der Waals surface area contributed by atoms with Gasteiger partial charge in [0.25, 0.3) is 0 Å². The largest absolute Gasteiger partial charge is 0.349 e. The van der Waals surface area contributed by atoms with E-state index in [2.05, 4.69) is 12.2 Å². The van der Waals surface area contributed by atoms with Gasteiger partial charge in [0, 0.05) is 20.0 Å². The minimum atomic E-state index is -0.0537. The number of nitrogens with zero attached hydrogens (tertiary/aromatic N) is 1. The van der Waals surface area contributed by atoms with E-state index >= 15 is 0 Å². The highest BCUT2D eigenvalue weighted by Gasteiger charge is 2.34. The predicted molar refractivity (Wildman–Crippen MR) is 78.0 cm³/mol. The zero-order valence-corrected chi connectivity index (χ0v) is 12.1. The van der Waals surface area contributed by atoms with Gasteiger partial charge < -0.3 is 10.2 Å². The summed E-state index contributed by atoms with van der Waals surface area (Å²) in [6, 6.07) is 10.1. The summed E-state index contributed by atoms with van der Waals surface area (Å²) >= 11 is 0. The third kappa shape index (κ3) is 3.38. The van der Waals surface area contributed by atoms with E-state index in [-0.39, 0.29) is 23.8 Å². The number of nitrogens with one attached hydrogen (secondary N) is 1. The Hall–Kier alpha value is -1.84. The van der Waals surface area contributed by atoms with Crippen LogP contribution in [0, 0.1) is 5.92 Å². The molecule has 0 bridgehead atoms. The highest BCUT2D eigenvalue weighted by molar-refractivity contribution is 5.83. The summed E-state index contributed by atoms with van der Waals surface area (Å²) in [7, 11) is 0. The molecule has 1 aromatic rings. The Kier molecular flexibility index (Phi) is 4.77. The molecule has 1 unspecified atom stereocenters. The summed E-state index contributed by atoms with van der Waals surface area (Å²) < 4.78 is 0. The van der Waals surface area contributed by atoms with E-state index < -0.39 is 0 Å². The average molecular weight is 274 g/mol. The van der Waals surface area contributed by atoms with Crippen molar-refractivity contribution in [2.75, 3.05) is 13.1 Å². The van der Waals surface area contributed by atoms with Crippen LogP contribution in [-0.2, 0) is 9.59 Å². The third-order valence-corrected chi connectivity index (χ3v) is 3.79. The molecule has 1 fully saturated rings. The SMILES string of the molecule is CCCC(NC(=O)C1CN(C(C)=O)C1)c1ccccc1. The molecule has 1 aromatic carbocycles. The minimum Gasteiger partial charge on any atom is -0.349 e. The quantitative estimate of drug-likeness (QED) is 0.894. The van der Waals surface area contributed by atoms with Crippen molar-refractivity contribution < 1.29 is 9.59 Å². The monoisotopic (exact) mass is 274 g/mol. The molecule has 1 aliphatic rings. The molecule has 1 heterocycles. The molecular weight excluding hydrogens is 252 g/mol. The standard InChI is InChI=1S/C16H22N2O2/c1-3-7-15(13-8-5-4-6-9-13)17-16(20)14-10-18(11-14)12(2)19/h4-6,8-9,14-15H,3,7,10-11H2,1-2H3,(H,17,20). The number of amides is 2. The van der Waals surface area contributed by atoms with Crippen LogP contribution in [0.2, 0.25) is 0 Å². The van der Waals surface area contributed by atoms with Gasteiger partial charge in [-0.25, -0.2) is 0 Å². The fourth-order valence-electron chi connectivity index (χ4n) is 2.49. The molecule has 20 heavy (non-hydrogen) atoms. The number of carbonyl (C=O) groups is 2. The lowest BCUT2D eigenvalue weighted by Crippen LogP contribution is -2.55. The molecule has 0 aromatic heterocycles. The molecule has 0 spiro atoms. The molecule has 4 heteroatoms. The molecule has 2 rings (SSSR count). The Balaban J connectivity index is 1.92. The second kappa shape index (κ2) is 6.55. The van der Waals surface area contributed by atoms with Crippen LogP contribution in [-0.4, -0.2) is 29.8 Å². The van der Waals surface area contributed by atoms with Crippen molar-refractivity contribution in [3.8, 4) is 0 Å². The zero-order valence-electron chi connectivity index (χ0n) is 12.1. The van der Waals surface area contributed by atoms with Gasteiger partial charge >= 0.3 is 0 Å². The Morgan fingerprint density at radius 2 is 1.95 bits per heavy atom. The lowest BCUT2D eigenvalue weighted by molar-refractivity contribution is -0.141. The van der Waals surface area contributed by atoms with E-state index in [1.807, 2.05) is 30.3 Å². The van der Waals surface area contributed by atoms with Crippen molar-refractivity contribution in [3.05, 3.63) is 35.9 Å². The van der Waals surface area contributed by atoms with Crippen LogP contribution in [0.15, 0.2) is 30.3 Å². The second-order valence-corrected chi connectivity index (χ2v) is 5.38. The Morgan fingerprint density at radius 1 is 1.30 bits per heavy atom. The molecule has 1 atom stereocenters. The van der Waals surface area contributed by atoms with Gasteiger partial charge in [0.2, 0.25) is 11.8 Å². The predicted octanol–water partition coefficient (Wildman–Crippen LogP) is 2.12. The first kappa shape index (κ1) is 14.6. The maximum atomic E-state index is 12.2. The molecule has 2 amide bonds. The molecule has 0 saturated carbocycles. The van der Waals surface area contributed by atoms with Gasteiger partial charge in [0.15, 0.2) is 0 Å². The lowest BCUT2D eigenvalue weighted by Gasteiger charge is -2.38. The minimum absolute atomic E-state index is 0.0437. The van der Waals surface area contributed by atoms with Gasteiger partial charge in [0.05, 0.1) is 12.0 Å². The molecule has 0 aliphatic carbocycles. The van der Waals surface area contributed by atoms with E-state index in [0.29, 0.717) is 13.1 Å². The first-order chi connectivity index (χ1) is 9.61. The maximum absolute atomic E-state index is 12.2. The second-order valence-electron chi connectivity index (χ2n) is 5.38. The van der Waals surface area contributed by atoms with Crippen LogP contribution in [0.3, 0.4) is 0 Å². The number of hydrogen-bond donors (Lipinski definition) is 1. The van der Waals surface area contributed by atoms with Gasteiger partial charge in [-0.15, -0.1) is 0 Å². The molecule has 108 valence electrons. The number of hydrogen-bond acceptors (Lipinski definition) is 2. The fraction of sp³-hybridized carbons (Fsp3) is 0.500. The van der Waals surface area contributed by atoms with Crippen LogP contribution in [0.25, 0.3) is 0 Å². The van der Waals surface area contributed by atoms with E-state index in [1.165, 1.54) is 6.92 Å². The molecule has 1 saturated heterocycles. The van der Waals surface area contributed by atoms with E-state index in [4.69, 9.17) is 0 Å². The number of carbonyl (C=O) groups excluding carboxylic acids is 2. The van der Waals surface area contributed by atoms with Gasteiger partial charge in [-0.1, -0.05) is 43.7 Å². The summed E-state index contributed by atoms with van der Waals surface area (Å²) in [4.78, 5) is 25.0. The first-order valence-corrected chi connectivity index (χ1v) is 7.22. The van der Waals surface area contributed by atoms with E-state index in [9.17, 15) is 9.59 Å². The molecule has 1 N–H and O–H groups in total.